The second kappa shape index (κ2) is 10.3. The first-order valence-electron chi connectivity index (χ1n) is 12.3. The van der Waals surface area contributed by atoms with Crippen LogP contribution in [0.2, 0.25) is 5.02 Å². The molecule has 0 saturated carbocycles. The minimum atomic E-state index is -0.133. The molecule has 2 fully saturated rings. The second-order valence-corrected chi connectivity index (χ2v) is 9.97. The van der Waals surface area contributed by atoms with E-state index >= 15 is 0 Å². The van der Waals surface area contributed by atoms with Gasteiger partial charge in [0.05, 0.1) is 11.4 Å². The number of piperidine rings is 1. The van der Waals surface area contributed by atoms with Gasteiger partial charge in [0.1, 0.15) is 0 Å². The van der Waals surface area contributed by atoms with Gasteiger partial charge in [-0.15, -0.1) is 0 Å². The quantitative estimate of drug-likeness (QED) is 0.574. The number of likely N-dealkylation sites (N-methyl/N-ethyl adjacent to an activating group) is 1. The van der Waals surface area contributed by atoms with E-state index in [2.05, 4.69) is 22.2 Å². The third-order valence-corrected chi connectivity index (χ3v) is 7.47. The second-order valence-electron chi connectivity index (χ2n) is 9.53. The molecule has 0 bridgehead atoms. The molecule has 0 aliphatic carbocycles. The first-order valence-corrected chi connectivity index (χ1v) is 12.7. The maximum atomic E-state index is 13.3. The van der Waals surface area contributed by atoms with Crippen LogP contribution in [-0.4, -0.2) is 67.9 Å². The lowest BCUT2D eigenvalue weighted by atomic mass is 9.94. The average molecular weight is 491 g/mol. The predicted octanol–water partition coefficient (Wildman–Crippen LogP) is 4.74. The molecule has 2 aliphatic heterocycles. The average Bonchev–Trinajstić information content (AvgIpc) is 2.89. The minimum Gasteiger partial charge on any atom is -0.367 e. The van der Waals surface area contributed by atoms with Gasteiger partial charge in [-0.25, -0.2) is 0 Å². The maximum absolute atomic E-state index is 13.3. The monoisotopic (exact) mass is 490 g/mol. The Morgan fingerprint density at radius 2 is 1.60 bits per heavy atom. The molecule has 0 spiro atoms. The third kappa shape index (κ3) is 5.14. The summed E-state index contributed by atoms with van der Waals surface area (Å²) in [7, 11) is 2.12. The van der Waals surface area contributed by atoms with Gasteiger partial charge < -0.3 is 20.0 Å². The van der Waals surface area contributed by atoms with Crippen LogP contribution in [0, 0.1) is 5.92 Å². The number of halogens is 1. The smallest absolute Gasteiger partial charge is 0.254 e. The molecule has 3 aromatic rings. The summed E-state index contributed by atoms with van der Waals surface area (Å²) in [5.41, 5.74) is 2.50. The predicted molar refractivity (Wildman–Crippen MR) is 142 cm³/mol. The summed E-state index contributed by atoms with van der Waals surface area (Å²) in [6.07, 6.45) is 1.29. The number of amides is 2. The highest BCUT2D eigenvalue weighted by atomic mass is 35.5. The van der Waals surface area contributed by atoms with Crippen molar-refractivity contribution >= 4 is 45.6 Å². The molecule has 0 unspecified atom stereocenters. The van der Waals surface area contributed by atoms with Crippen molar-refractivity contribution in [1.82, 2.24) is 9.80 Å². The Labute approximate surface area is 211 Å². The van der Waals surface area contributed by atoms with Gasteiger partial charge >= 0.3 is 0 Å². The van der Waals surface area contributed by atoms with Crippen LogP contribution >= 0.6 is 11.6 Å². The zero-order valence-electron chi connectivity index (χ0n) is 20.0. The number of carbonyl (C=O) groups is 2. The van der Waals surface area contributed by atoms with Crippen LogP contribution in [0.1, 0.15) is 23.2 Å². The summed E-state index contributed by atoms with van der Waals surface area (Å²) in [6, 6.07) is 19.5. The summed E-state index contributed by atoms with van der Waals surface area (Å²) < 4.78 is 0. The number of likely N-dealkylation sites (tertiary alicyclic amines) is 1. The van der Waals surface area contributed by atoms with E-state index in [4.69, 9.17) is 11.6 Å². The first-order chi connectivity index (χ1) is 17.0. The highest BCUT2D eigenvalue weighted by molar-refractivity contribution is 6.31. The van der Waals surface area contributed by atoms with Crippen molar-refractivity contribution in [2.45, 2.75) is 12.8 Å². The number of piperazine rings is 1. The van der Waals surface area contributed by atoms with E-state index in [1.165, 1.54) is 0 Å². The van der Waals surface area contributed by atoms with E-state index in [0.717, 1.165) is 53.9 Å². The Hall–Kier alpha value is -3.09. The minimum absolute atomic E-state index is 0.0000888. The van der Waals surface area contributed by atoms with Crippen LogP contribution in [0.25, 0.3) is 10.8 Å². The van der Waals surface area contributed by atoms with Crippen LogP contribution in [0.4, 0.5) is 11.4 Å². The zero-order valence-corrected chi connectivity index (χ0v) is 20.8. The van der Waals surface area contributed by atoms with Crippen LogP contribution < -0.4 is 10.2 Å². The number of anilines is 2. The van der Waals surface area contributed by atoms with E-state index < -0.39 is 0 Å². The van der Waals surface area contributed by atoms with Crippen LogP contribution in [-0.2, 0) is 4.79 Å². The molecule has 0 radical (unpaired) electrons. The molecule has 2 saturated heterocycles. The van der Waals surface area contributed by atoms with E-state index in [9.17, 15) is 9.59 Å². The number of hydrogen-bond donors (Lipinski definition) is 1. The number of hydrogen-bond acceptors (Lipinski definition) is 4. The number of carbonyl (C=O) groups excluding carboxylic acids is 2. The van der Waals surface area contributed by atoms with E-state index in [1.807, 2.05) is 65.6 Å². The Balaban J connectivity index is 1.24. The van der Waals surface area contributed by atoms with Crippen molar-refractivity contribution in [2.24, 2.45) is 5.92 Å². The van der Waals surface area contributed by atoms with E-state index in [-0.39, 0.29) is 17.7 Å². The highest BCUT2D eigenvalue weighted by Crippen LogP contribution is 2.31. The summed E-state index contributed by atoms with van der Waals surface area (Å²) in [4.78, 5) is 32.9. The molecule has 2 heterocycles. The molecular weight excluding hydrogens is 460 g/mol. The summed E-state index contributed by atoms with van der Waals surface area (Å²) in [6.45, 7) is 4.94. The number of fused-ring (bicyclic) bond motifs is 1. The Kier molecular flexibility index (Phi) is 6.93. The van der Waals surface area contributed by atoms with Gasteiger partial charge in [0.2, 0.25) is 5.91 Å². The number of rotatable bonds is 4. The molecule has 0 aromatic heterocycles. The summed E-state index contributed by atoms with van der Waals surface area (Å²) in [5.74, 6) is -0.0985. The van der Waals surface area contributed by atoms with Crippen molar-refractivity contribution in [3.05, 3.63) is 71.2 Å². The SMILES string of the molecule is CN1CCN(c2ccc(Cl)cc2NC(=O)C2CCN(C(=O)c3cccc4ccccc34)CC2)CC1. The Morgan fingerprint density at radius 3 is 2.37 bits per heavy atom. The molecule has 6 nitrogen and oxygen atoms in total. The lowest BCUT2D eigenvalue weighted by Crippen LogP contribution is -2.45. The number of nitrogens with one attached hydrogen (secondary N) is 1. The zero-order chi connectivity index (χ0) is 24.4. The van der Waals surface area contributed by atoms with E-state index in [1.54, 1.807) is 0 Å². The van der Waals surface area contributed by atoms with Crippen LogP contribution in [0.3, 0.4) is 0 Å². The van der Waals surface area contributed by atoms with Crippen LogP contribution in [0.5, 0.6) is 0 Å². The lowest BCUT2D eigenvalue weighted by Gasteiger charge is -2.35. The van der Waals surface area contributed by atoms with Crippen molar-refractivity contribution in [3.63, 3.8) is 0 Å². The standard InChI is InChI=1S/C28H31ClN4O2/c1-31-15-17-32(18-16-31)26-10-9-22(29)19-25(26)30-27(34)21-11-13-33(14-12-21)28(35)24-8-4-6-20-5-2-3-7-23(20)24/h2-10,19,21H,11-18H2,1H3,(H,30,34). The molecular formula is C28H31ClN4O2. The lowest BCUT2D eigenvalue weighted by molar-refractivity contribution is -0.121. The molecule has 5 rings (SSSR count). The molecule has 0 atom stereocenters. The molecule has 2 amide bonds. The number of benzene rings is 3. The number of nitrogens with zero attached hydrogens (tertiary/aromatic N) is 3. The molecule has 35 heavy (non-hydrogen) atoms. The molecule has 182 valence electrons. The fourth-order valence-electron chi connectivity index (χ4n) is 5.09. The fourth-order valence-corrected chi connectivity index (χ4v) is 5.27. The van der Waals surface area contributed by atoms with Crippen LogP contribution in [0.15, 0.2) is 60.7 Å². The Morgan fingerprint density at radius 1 is 0.886 bits per heavy atom. The largest absolute Gasteiger partial charge is 0.367 e. The Bertz CT molecular complexity index is 1230. The van der Waals surface area contributed by atoms with Crippen molar-refractivity contribution in [3.8, 4) is 0 Å². The summed E-state index contributed by atoms with van der Waals surface area (Å²) >= 11 is 6.28. The fraction of sp³-hybridized carbons (Fsp3) is 0.357. The normalized spacial score (nSPS) is 17.5. The van der Waals surface area contributed by atoms with E-state index in [0.29, 0.717) is 31.0 Å². The first kappa shape index (κ1) is 23.6. The van der Waals surface area contributed by atoms with Gasteiger partial charge in [-0.1, -0.05) is 48.0 Å². The van der Waals surface area contributed by atoms with Gasteiger partial charge in [-0.05, 0) is 54.9 Å². The molecule has 1 N–H and O–H groups in total. The summed E-state index contributed by atoms with van der Waals surface area (Å²) in [5, 5.41) is 5.78. The topological polar surface area (TPSA) is 55.9 Å². The third-order valence-electron chi connectivity index (χ3n) is 7.23. The van der Waals surface area contributed by atoms with Gasteiger partial charge in [0.25, 0.3) is 5.91 Å². The van der Waals surface area contributed by atoms with Gasteiger partial charge in [-0.2, -0.15) is 0 Å². The molecule has 3 aromatic carbocycles. The van der Waals surface area contributed by atoms with Crippen molar-refractivity contribution in [1.29, 1.82) is 0 Å². The van der Waals surface area contributed by atoms with Crippen molar-refractivity contribution in [2.75, 3.05) is 56.5 Å². The maximum Gasteiger partial charge on any atom is 0.254 e. The molecule has 7 heteroatoms. The molecule has 2 aliphatic rings. The van der Waals surface area contributed by atoms with Gasteiger partial charge in [-0.3, -0.25) is 9.59 Å². The van der Waals surface area contributed by atoms with Gasteiger partial charge in [0, 0.05) is 55.8 Å². The van der Waals surface area contributed by atoms with Crippen molar-refractivity contribution < 1.29 is 9.59 Å². The van der Waals surface area contributed by atoms with Gasteiger partial charge in [0.15, 0.2) is 0 Å². The highest BCUT2D eigenvalue weighted by Gasteiger charge is 2.29.